The van der Waals surface area contributed by atoms with Crippen LogP contribution >= 0.6 is 0 Å². The van der Waals surface area contributed by atoms with E-state index >= 15 is 0 Å². The summed E-state index contributed by atoms with van der Waals surface area (Å²) in [7, 11) is -1.24. The lowest BCUT2D eigenvalue weighted by molar-refractivity contribution is 0.420. The van der Waals surface area contributed by atoms with Gasteiger partial charge in [-0.3, -0.25) is 0 Å². The van der Waals surface area contributed by atoms with Crippen molar-refractivity contribution in [2.24, 2.45) is 5.92 Å². The molecule has 2 heteroatoms. The maximum atomic E-state index is 8.88. The summed E-state index contributed by atoms with van der Waals surface area (Å²) in [4.78, 5) is 0. The predicted molar refractivity (Wildman–Crippen MR) is 84.3 cm³/mol. The van der Waals surface area contributed by atoms with Gasteiger partial charge < -0.3 is 0 Å². The van der Waals surface area contributed by atoms with Gasteiger partial charge in [0.2, 0.25) is 0 Å². The van der Waals surface area contributed by atoms with Crippen LogP contribution in [0, 0.1) is 17.2 Å². The van der Waals surface area contributed by atoms with E-state index in [-0.39, 0.29) is 0 Å². The Hall–Kier alpha value is -1.07. The Morgan fingerprint density at radius 2 is 1.84 bits per heavy atom. The van der Waals surface area contributed by atoms with Crippen LogP contribution in [0.2, 0.25) is 18.6 Å². The maximum Gasteiger partial charge on any atom is 0.0991 e. The minimum absolute atomic E-state index is 0.790. The summed E-state index contributed by atoms with van der Waals surface area (Å²) >= 11 is 0. The SMILES string of the molecule is CCCCC1CC[Si](C)(c2ccc(C#N)cc2)CC1. The molecule has 0 saturated carbocycles. The fourth-order valence-corrected chi connectivity index (χ4v) is 7.22. The lowest BCUT2D eigenvalue weighted by Gasteiger charge is -2.36. The third-order valence-electron chi connectivity index (χ3n) is 4.89. The second-order valence-electron chi connectivity index (χ2n) is 6.34. The van der Waals surface area contributed by atoms with Crippen molar-refractivity contribution in [3.05, 3.63) is 29.8 Å². The number of hydrogen-bond acceptors (Lipinski definition) is 1. The van der Waals surface area contributed by atoms with Crippen molar-refractivity contribution in [2.75, 3.05) is 0 Å². The van der Waals surface area contributed by atoms with E-state index in [1.807, 2.05) is 12.1 Å². The molecule has 19 heavy (non-hydrogen) atoms. The Bertz CT molecular complexity index is 435. The van der Waals surface area contributed by atoms with Crippen LogP contribution in [0.25, 0.3) is 0 Å². The molecule has 0 N–H and O–H groups in total. The lowest BCUT2D eigenvalue weighted by atomic mass is 9.96. The highest BCUT2D eigenvalue weighted by atomic mass is 28.3. The molecule has 0 unspecified atom stereocenters. The Morgan fingerprint density at radius 1 is 1.21 bits per heavy atom. The van der Waals surface area contributed by atoms with E-state index in [2.05, 4.69) is 31.7 Å². The van der Waals surface area contributed by atoms with Gasteiger partial charge in [0.25, 0.3) is 0 Å². The van der Waals surface area contributed by atoms with Gasteiger partial charge in [-0.1, -0.05) is 75.0 Å². The van der Waals surface area contributed by atoms with Gasteiger partial charge in [0.1, 0.15) is 0 Å². The number of benzene rings is 1. The predicted octanol–water partition coefficient (Wildman–Crippen LogP) is 4.44. The quantitative estimate of drug-likeness (QED) is 0.742. The number of nitriles is 1. The molecule has 1 saturated heterocycles. The summed E-state index contributed by atoms with van der Waals surface area (Å²) in [6, 6.07) is 13.5. The van der Waals surface area contributed by atoms with Crippen LogP contribution < -0.4 is 5.19 Å². The van der Waals surface area contributed by atoms with Gasteiger partial charge in [-0.15, -0.1) is 0 Å². The molecule has 2 rings (SSSR count). The van der Waals surface area contributed by atoms with Gasteiger partial charge in [0, 0.05) is 0 Å². The first-order valence-electron chi connectivity index (χ1n) is 7.68. The summed E-state index contributed by atoms with van der Waals surface area (Å²) in [5.41, 5.74) is 0.790. The van der Waals surface area contributed by atoms with Gasteiger partial charge in [-0.2, -0.15) is 5.26 Å². The van der Waals surface area contributed by atoms with E-state index in [9.17, 15) is 0 Å². The molecule has 0 aliphatic carbocycles. The minimum Gasteiger partial charge on any atom is -0.192 e. The molecular formula is C17H25NSi. The van der Waals surface area contributed by atoms with Crippen molar-refractivity contribution in [2.45, 2.75) is 57.7 Å². The molecule has 0 bridgehead atoms. The van der Waals surface area contributed by atoms with E-state index in [1.165, 1.54) is 44.2 Å². The Kier molecular flexibility index (Phi) is 4.82. The second-order valence-corrected chi connectivity index (χ2v) is 11.0. The average molecular weight is 271 g/mol. The molecule has 0 aromatic heterocycles. The van der Waals surface area contributed by atoms with Gasteiger partial charge in [0.05, 0.1) is 19.7 Å². The molecule has 1 heterocycles. The largest absolute Gasteiger partial charge is 0.192 e. The molecule has 1 aliphatic rings. The van der Waals surface area contributed by atoms with Gasteiger partial charge in [0.15, 0.2) is 0 Å². The highest BCUT2D eigenvalue weighted by Gasteiger charge is 2.34. The summed E-state index contributed by atoms with van der Waals surface area (Å²) in [6.45, 7) is 4.82. The lowest BCUT2D eigenvalue weighted by Crippen LogP contribution is -2.47. The van der Waals surface area contributed by atoms with E-state index in [1.54, 1.807) is 5.19 Å². The number of hydrogen-bond donors (Lipinski definition) is 0. The van der Waals surface area contributed by atoms with Gasteiger partial charge in [-0.05, 0) is 18.1 Å². The molecule has 1 aliphatic heterocycles. The van der Waals surface area contributed by atoms with Crippen LogP contribution in [0.3, 0.4) is 0 Å². The zero-order valence-electron chi connectivity index (χ0n) is 12.3. The fourth-order valence-electron chi connectivity index (χ4n) is 3.33. The van der Waals surface area contributed by atoms with Crippen LogP contribution in [0.5, 0.6) is 0 Å². The first-order chi connectivity index (χ1) is 9.18. The fraction of sp³-hybridized carbons (Fsp3) is 0.588. The maximum absolute atomic E-state index is 8.88. The van der Waals surface area contributed by atoms with Crippen molar-refractivity contribution in [1.82, 2.24) is 0 Å². The Labute approximate surface area is 118 Å². The zero-order valence-corrected chi connectivity index (χ0v) is 13.3. The number of nitrogens with zero attached hydrogens (tertiary/aromatic N) is 1. The second kappa shape index (κ2) is 6.39. The number of rotatable bonds is 4. The first kappa shape index (κ1) is 14.3. The molecule has 1 nitrogen and oxygen atoms in total. The summed E-state index contributed by atoms with van der Waals surface area (Å²) in [5.74, 6) is 0.985. The zero-order chi connectivity index (χ0) is 13.7. The summed E-state index contributed by atoms with van der Waals surface area (Å²) in [5, 5.41) is 10.4. The normalized spacial score (nSPS) is 26.9. The van der Waals surface area contributed by atoms with E-state index in [4.69, 9.17) is 5.26 Å². The van der Waals surface area contributed by atoms with Crippen molar-refractivity contribution < 1.29 is 0 Å². The van der Waals surface area contributed by atoms with Crippen molar-refractivity contribution >= 4 is 13.3 Å². The third kappa shape index (κ3) is 3.48. The third-order valence-corrected chi connectivity index (χ3v) is 9.40. The molecule has 102 valence electrons. The molecule has 1 aromatic carbocycles. The standard InChI is InChI=1S/C17H25NSi/c1-3-4-5-15-10-12-19(2,13-11-15)17-8-6-16(14-18)7-9-17/h6-9,15H,3-5,10-13H2,1-2H3. The average Bonchev–Trinajstić information content (AvgIpc) is 2.47. The van der Waals surface area contributed by atoms with E-state index in [0.29, 0.717) is 0 Å². The summed E-state index contributed by atoms with van der Waals surface area (Å²) < 4.78 is 0. The monoisotopic (exact) mass is 271 g/mol. The highest BCUT2D eigenvalue weighted by molar-refractivity contribution is 6.91. The Morgan fingerprint density at radius 3 is 2.37 bits per heavy atom. The van der Waals surface area contributed by atoms with Crippen molar-refractivity contribution in [1.29, 1.82) is 5.26 Å². The first-order valence-corrected chi connectivity index (χ1v) is 10.6. The van der Waals surface area contributed by atoms with Crippen LogP contribution in [0.1, 0.15) is 44.6 Å². The van der Waals surface area contributed by atoms with E-state index < -0.39 is 8.07 Å². The smallest absolute Gasteiger partial charge is 0.0991 e. The highest BCUT2D eigenvalue weighted by Crippen LogP contribution is 2.34. The summed E-state index contributed by atoms with van der Waals surface area (Å²) in [6.07, 6.45) is 7.04. The molecule has 0 spiro atoms. The molecule has 1 aromatic rings. The molecule has 0 amide bonds. The molecule has 0 radical (unpaired) electrons. The minimum atomic E-state index is -1.24. The van der Waals surface area contributed by atoms with E-state index in [0.717, 1.165) is 11.5 Å². The van der Waals surface area contributed by atoms with Crippen molar-refractivity contribution in [3.63, 3.8) is 0 Å². The van der Waals surface area contributed by atoms with Gasteiger partial charge in [-0.25, -0.2) is 0 Å². The van der Waals surface area contributed by atoms with Crippen LogP contribution in [-0.4, -0.2) is 8.07 Å². The van der Waals surface area contributed by atoms with Gasteiger partial charge >= 0.3 is 0 Å². The van der Waals surface area contributed by atoms with Crippen molar-refractivity contribution in [3.8, 4) is 6.07 Å². The molecule has 1 fully saturated rings. The van der Waals surface area contributed by atoms with Crippen LogP contribution in [-0.2, 0) is 0 Å². The topological polar surface area (TPSA) is 23.8 Å². The molecule has 0 atom stereocenters. The van der Waals surface area contributed by atoms with Crippen LogP contribution in [0.4, 0.5) is 0 Å². The Balaban J connectivity index is 1.99. The van der Waals surface area contributed by atoms with Crippen LogP contribution in [0.15, 0.2) is 24.3 Å². The molecular weight excluding hydrogens is 246 g/mol. The number of unbranched alkanes of at least 4 members (excludes halogenated alkanes) is 1.